The molecule has 4 nitrogen and oxygen atoms in total. The monoisotopic (exact) mass is 784 g/mol. The minimum atomic E-state index is -0.188. The number of aromatic hydroxyl groups is 1. The molecule has 0 saturated heterocycles. The van der Waals surface area contributed by atoms with Crippen molar-refractivity contribution in [3.05, 3.63) is 115 Å². The first-order chi connectivity index (χ1) is 19.8. The zero-order chi connectivity index (χ0) is 30.5. The van der Waals surface area contributed by atoms with Crippen LogP contribution >= 0.6 is 0 Å². The molecule has 46 heavy (non-hydrogen) atoms. The smallest absolute Gasteiger partial charge is 0.141 e. The van der Waals surface area contributed by atoms with Gasteiger partial charge in [-0.3, -0.25) is 0 Å². The summed E-state index contributed by atoms with van der Waals surface area (Å²) in [4.78, 5) is 5.27. The number of rotatable bonds is 6. The van der Waals surface area contributed by atoms with Crippen molar-refractivity contribution in [2.24, 2.45) is 7.05 Å². The van der Waals surface area contributed by atoms with Gasteiger partial charge in [0.15, 0.2) is 0 Å². The molecule has 0 unspecified atom stereocenters. The van der Waals surface area contributed by atoms with Crippen molar-refractivity contribution in [1.82, 2.24) is 9.55 Å². The predicted molar refractivity (Wildman–Crippen MR) is 198 cm³/mol. The fourth-order valence-electron chi connectivity index (χ4n) is 5.96. The van der Waals surface area contributed by atoms with Crippen LogP contribution in [0, 0.1) is 28.7 Å². The summed E-state index contributed by atoms with van der Waals surface area (Å²) in [6.45, 7) is 19.5. The molecule has 1 heterocycles. The first kappa shape index (κ1) is 40.8. The van der Waals surface area contributed by atoms with E-state index in [2.05, 4.69) is 129 Å². The van der Waals surface area contributed by atoms with Crippen molar-refractivity contribution in [3.63, 3.8) is 0 Å². The Bertz CT molecular complexity index is 1760. The summed E-state index contributed by atoms with van der Waals surface area (Å²) >= 11 is 0. The number of phenols is 1. The van der Waals surface area contributed by atoms with Gasteiger partial charge in [-0.05, 0) is 54.4 Å². The van der Waals surface area contributed by atoms with Crippen molar-refractivity contribution >= 4 is 22.4 Å². The first-order valence-corrected chi connectivity index (χ1v) is 15.0. The van der Waals surface area contributed by atoms with Gasteiger partial charge in [-0.15, -0.1) is 11.4 Å². The molecule has 0 atom stereocenters. The van der Waals surface area contributed by atoms with E-state index in [9.17, 15) is 5.11 Å². The number of aryl methyl sites for hydroxylation is 3. The molecule has 5 aromatic rings. The molecule has 0 amide bonds. The van der Waals surface area contributed by atoms with Crippen molar-refractivity contribution in [3.8, 4) is 28.3 Å². The maximum atomic E-state index is 11.5. The van der Waals surface area contributed by atoms with E-state index in [-0.39, 0.29) is 53.5 Å². The Morgan fingerprint density at radius 2 is 1.30 bits per heavy atom. The first-order valence-electron chi connectivity index (χ1n) is 15.0. The summed E-state index contributed by atoms with van der Waals surface area (Å²) in [7, 11) is 2.07. The molecule has 4 aromatic carbocycles. The molecule has 5 heteroatoms. The Kier molecular flexibility index (Phi) is 13.9. The van der Waals surface area contributed by atoms with Gasteiger partial charge in [-0.1, -0.05) is 127 Å². The van der Waals surface area contributed by atoms with Gasteiger partial charge in [0.25, 0.3) is 0 Å². The van der Waals surface area contributed by atoms with Crippen LogP contribution in [0.4, 0.5) is 11.4 Å². The number of benzene rings is 4. The molecule has 246 valence electrons. The second-order valence-corrected chi connectivity index (χ2v) is 13.4. The summed E-state index contributed by atoms with van der Waals surface area (Å²) in [5.41, 5.74) is 12.1. The van der Waals surface area contributed by atoms with E-state index < -0.39 is 0 Å². The van der Waals surface area contributed by atoms with Crippen LogP contribution in [0.5, 0.6) is 5.75 Å². The molecule has 0 aliphatic heterocycles. The van der Waals surface area contributed by atoms with Gasteiger partial charge in [0, 0.05) is 49.6 Å². The number of nitrogens with zero attached hydrogens (tertiary/aromatic N) is 3. The molecule has 1 N–H and O–H groups in total. The Hall–Kier alpha value is -3.18. The van der Waals surface area contributed by atoms with Crippen LogP contribution in [0.15, 0.2) is 66.7 Å². The quantitative estimate of drug-likeness (QED) is 0.138. The van der Waals surface area contributed by atoms with Crippen LogP contribution in [-0.4, -0.2) is 14.7 Å². The minimum absolute atomic E-state index is 0. The van der Waals surface area contributed by atoms with Gasteiger partial charge in [0.05, 0.1) is 11.0 Å². The largest absolute Gasteiger partial charge is 0.656 e. The average Bonchev–Trinajstić information content (AvgIpc) is 3.25. The van der Waals surface area contributed by atoms with E-state index in [1.165, 1.54) is 11.1 Å². The van der Waals surface area contributed by atoms with Crippen molar-refractivity contribution in [2.45, 2.75) is 87.0 Å². The van der Waals surface area contributed by atoms with Crippen molar-refractivity contribution in [1.29, 1.82) is 0 Å². The predicted octanol–water partition coefficient (Wildman–Crippen LogP) is 12.6. The van der Waals surface area contributed by atoms with E-state index in [1.54, 1.807) is 0 Å². The standard InChI is InChI=1S/C38H44N3O.CH4.2CH3.Hf/c1-22(2)26-16-13-17-27(23(3)4)34(26)39-32-20-25(6)21-33-35(32)40-37(41(33)10)29-15-12-11-14-28(29)30-18-24(5)19-31(36(30)42)38(7,8)9;;;;/h11-23H,1-10H3,(H,40,42);1H4;2*1H3;/q-1;;2*-1;. The van der Waals surface area contributed by atoms with Crippen LogP contribution in [0.25, 0.3) is 38.9 Å². The molecule has 1 aromatic heterocycles. The molecule has 0 radical (unpaired) electrons. The maximum Gasteiger partial charge on any atom is 0.141 e. The van der Waals surface area contributed by atoms with Crippen LogP contribution in [-0.2, 0) is 38.3 Å². The molecule has 0 aliphatic carbocycles. The number of imidazole rings is 1. The van der Waals surface area contributed by atoms with Gasteiger partial charge < -0.3 is 29.8 Å². The summed E-state index contributed by atoms with van der Waals surface area (Å²) in [6, 6.07) is 23.3. The number of hydrogen-bond acceptors (Lipinski definition) is 2. The van der Waals surface area contributed by atoms with Gasteiger partial charge >= 0.3 is 0 Å². The van der Waals surface area contributed by atoms with Gasteiger partial charge in [-0.2, -0.15) is 0 Å². The SMILES string of the molecule is C.Cc1cc(-c2ccccc2-c2nc3c([N-]c4c(C(C)C)cccc4C(C)C)cc(C)cc3n2C)c(O)c(C(C)(C)C)c1.[CH3-].[CH3-].[Hf]. The van der Waals surface area contributed by atoms with E-state index in [0.29, 0.717) is 17.6 Å². The third-order valence-electron chi connectivity index (χ3n) is 8.21. The van der Waals surface area contributed by atoms with E-state index in [0.717, 1.165) is 61.6 Å². The third-order valence-corrected chi connectivity index (χ3v) is 8.21. The van der Waals surface area contributed by atoms with Crippen LogP contribution in [0.1, 0.15) is 95.5 Å². The van der Waals surface area contributed by atoms with Crippen LogP contribution < -0.4 is 0 Å². The van der Waals surface area contributed by atoms with Crippen LogP contribution in [0.3, 0.4) is 0 Å². The summed E-state index contributed by atoms with van der Waals surface area (Å²) < 4.78 is 2.16. The second-order valence-electron chi connectivity index (χ2n) is 13.4. The molecule has 0 saturated carbocycles. The minimum Gasteiger partial charge on any atom is -0.656 e. The van der Waals surface area contributed by atoms with Crippen molar-refractivity contribution < 1.29 is 30.9 Å². The number of para-hydroxylation sites is 1. The molecule has 5 rings (SSSR count). The summed E-state index contributed by atoms with van der Waals surface area (Å²) in [5.74, 6) is 1.89. The topological polar surface area (TPSA) is 52.2 Å². The maximum absolute atomic E-state index is 11.5. The molecular formula is C41H54HfN3O-3. The Labute approximate surface area is 298 Å². The van der Waals surface area contributed by atoms with Crippen molar-refractivity contribution in [2.75, 3.05) is 0 Å². The zero-order valence-electron chi connectivity index (χ0n) is 29.3. The summed E-state index contributed by atoms with van der Waals surface area (Å²) in [5, 5.41) is 16.9. The van der Waals surface area contributed by atoms with E-state index in [1.807, 2.05) is 12.1 Å². The van der Waals surface area contributed by atoms with Gasteiger partial charge in [0.2, 0.25) is 0 Å². The van der Waals surface area contributed by atoms with E-state index >= 15 is 0 Å². The number of fused-ring (bicyclic) bond motifs is 1. The average molecular weight is 783 g/mol. The van der Waals surface area contributed by atoms with E-state index in [4.69, 9.17) is 10.3 Å². The van der Waals surface area contributed by atoms with Gasteiger partial charge in [-0.25, -0.2) is 4.98 Å². The zero-order valence-corrected chi connectivity index (χ0v) is 32.9. The fourth-order valence-corrected chi connectivity index (χ4v) is 5.96. The number of aromatic nitrogens is 2. The summed E-state index contributed by atoms with van der Waals surface area (Å²) in [6.07, 6.45) is 0. The Morgan fingerprint density at radius 3 is 1.85 bits per heavy atom. The molecular weight excluding hydrogens is 729 g/mol. The fraction of sp³-hybridized carbons (Fsp3) is 0.341. The Balaban J connectivity index is 0.00000264. The Morgan fingerprint density at radius 1 is 0.761 bits per heavy atom. The van der Waals surface area contributed by atoms with Crippen LogP contribution in [0.2, 0.25) is 0 Å². The number of phenolic OH excluding ortho intramolecular Hbond substituents is 1. The normalized spacial score (nSPS) is 11.0. The third kappa shape index (κ3) is 7.68. The number of hydrogen-bond donors (Lipinski definition) is 1. The second kappa shape index (κ2) is 15.6. The molecule has 0 spiro atoms. The molecule has 0 bridgehead atoms. The molecule has 0 aliphatic rings. The molecule has 0 fully saturated rings. The van der Waals surface area contributed by atoms with Gasteiger partial charge in [0.1, 0.15) is 11.6 Å².